The van der Waals surface area contributed by atoms with Crippen molar-refractivity contribution in [1.29, 1.82) is 0 Å². The maximum Gasteiger partial charge on any atom is 0.339 e. The van der Waals surface area contributed by atoms with Gasteiger partial charge in [-0.1, -0.05) is 19.0 Å². The lowest BCUT2D eigenvalue weighted by molar-refractivity contribution is 0.0526. The van der Waals surface area contributed by atoms with Gasteiger partial charge in [-0.25, -0.2) is 4.79 Å². The van der Waals surface area contributed by atoms with Crippen LogP contribution in [0.3, 0.4) is 0 Å². The molecule has 0 saturated carbocycles. The fraction of sp³-hybridized carbons (Fsp3) is 0.333. The Kier molecular flexibility index (Phi) is 6.51. The summed E-state index contributed by atoms with van der Waals surface area (Å²) in [5.74, 6) is -0.286. The summed E-state index contributed by atoms with van der Waals surface area (Å²) in [7, 11) is 0. The zero-order valence-electron chi connectivity index (χ0n) is 17.2. The van der Waals surface area contributed by atoms with E-state index in [1.165, 1.54) is 12.3 Å². The fourth-order valence-corrected chi connectivity index (χ4v) is 2.80. The van der Waals surface area contributed by atoms with Crippen molar-refractivity contribution in [3.8, 4) is 11.4 Å². The predicted molar refractivity (Wildman–Crippen MR) is 108 cm³/mol. The van der Waals surface area contributed by atoms with Crippen molar-refractivity contribution >= 4 is 11.9 Å². The topological polar surface area (TPSA) is 120 Å². The van der Waals surface area contributed by atoms with Crippen LogP contribution in [-0.4, -0.2) is 38.6 Å². The molecule has 3 aromatic rings. The molecule has 1 N–H and O–H groups in total. The van der Waals surface area contributed by atoms with Crippen molar-refractivity contribution in [3.05, 3.63) is 59.5 Å². The third-order valence-corrected chi connectivity index (χ3v) is 4.42. The van der Waals surface area contributed by atoms with Crippen molar-refractivity contribution in [1.82, 2.24) is 25.4 Å². The van der Waals surface area contributed by atoms with Gasteiger partial charge < -0.3 is 14.6 Å². The average Bonchev–Trinajstić information content (AvgIpc) is 3.22. The lowest BCUT2D eigenvalue weighted by atomic mass is 10.0. The molecule has 0 radical (unpaired) electrons. The highest BCUT2D eigenvalue weighted by Crippen LogP contribution is 2.24. The largest absolute Gasteiger partial charge is 0.462 e. The lowest BCUT2D eigenvalue weighted by Gasteiger charge is -2.19. The minimum Gasteiger partial charge on any atom is -0.462 e. The molecule has 0 aliphatic carbocycles. The maximum atomic E-state index is 13.0. The number of aryl methyl sites for hydroxylation is 1. The van der Waals surface area contributed by atoms with Crippen LogP contribution in [-0.2, 0) is 4.74 Å². The van der Waals surface area contributed by atoms with Crippen molar-refractivity contribution in [3.63, 3.8) is 0 Å². The molecule has 0 fully saturated rings. The number of nitrogens with one attached hydrogen (secondary N) is 1. The van der Waals surface area contributed by atoms with E-state index >= 15 is 0 Å². The molecule has 3 aromatic heterocycles. The average molecular weight is 409 g/mol. The van der Waals surface area contributed by atoms with E-state index in [1.54, 1.807) is 32.3 Å². The summed E-state index contributed by atoms with van der Waals surface area (Å²) in [6.07, 6.45) is 4.68. The molecular formula is C21H23N5O4. The van der Waals surface area contributed by atoms with Gasteiger partial charge in [-0.3, -0.25) is 14.8 Å². The summed E-state index contributed by atoms with van der Waals surface area (Å²) < 4.78 is 10.4. The number of aromatic nitrogens is 4. The molecule has 9 nitrogen and oxygen atoms in total. The number of ether oxygens (including phenoxy) is 1. The zero-order valence-corrected chi connectivity index (χ0v) is 17.2. The standard InChI is InChI=1S/C21H23N5O4/c1-5-29-21(28)15-9-16(13(4)23-11-15)19(27)24-17(12(2)3)20-25-18(26-30-20)14-7-6-8-22-10-14/h6-12,17H,5H2,1-4H3,(H,24,27)/t17-/m0/s1. The first-order valence-electron chi connectivity index (χ1n) is 9.59. The Hall–Kier alpha value is -3.62. The van der Waals surface area contributed by atoms with Crippen LogP contribution < -0.4 is 5.32 Å². The van der Waals surface area contributed by atoms with Crippen molar-refractivity contribution in [2.24, 2.45) is 5.92 Å². The highest BCUT2D eigenvalue weighted by molar-refractivity contribution is 5.98. The summed E-state index contributed by atoms with van der Waals surface area (Å²) in [6.45, 7) is 7.50. The molecule has 1 atom stereocenters. The number of carbonyl (C=O) groups is 2. The summed E-state index contributed by atoms with van der Waals surface area (Å²) in [6, 6.07) is 4.54. The second-order valence-electron chi connectivity index (χ2n) is 6.97. The summed E-state index contributed by atoms with van der Waals surface area (Å²) >= 11 is 0. The van der Waals surface area contributed by atoms with E-state index in [0.29, 0.717) is 17.1 Å². The van der Waals surface area contributed by atoms with Crippen LogP contribution >= 0.6 is 0 Å². The molecule has 1 amide bonds. The Morgan fingerprint density at radius 1 is 1.27 bits per heavy atom. The summed E-state index contributed by atoms with van der Waals surface area (Å²) in [5, 5.41) is 6.90. The van der Waals surface area contributed by atoms with Crippen molar-refractivity contribution in [2.45, 2.75) is 33.7 Å². The normalized spacial score (nSPS) is 11.9. The monoisotopic (exact) mass is 409 g/mol. The molecule has 0 saturated heterocycles. The van der Waals surface area contributed by atoms with E-state index in [9.17, 15) is 9.59 Å². The first-order chi connectivity index (χ1) is 14.4. The Morgan fingerprint density at radius 3 is 2.73 bits per heavy atom. The van der Waals surface area contributed by atoms with Gasteiger partial charge in [0.1, 0.15) is 6.04 Å². The van der Waals surface area contributed by atoms with E-state index in [2.05, 4.69) is 25.4 Å². The van der Waals surface area contributed by atoms with E-state index in [0.717, 1.165) is 0 Å². The molecule has 3 heterocycles. The molecule has 156 valence electrons. The zero-order chi connectivity index (χ0) is 21.7. The number of amides is 1. The summed E-state index contributed by atoms with van der Waals surface area (Å²) in [4.78, 5) is 37.6. The number of hydrogen-bond acceptors (Lipinski definition) is 8. The molecule has 9 heteroatoms. The second-order valence-corrected chi connectivity index (χ2v) is 6.97. The fourth-order valence-electron chi connectivity index (χ4n) is 2.80. The SMILES string of the molecule is CCOC(=O)c1cnc(C)c(C(=O)N[C@H](c2nc(-c3cccnc3)no2)C(C)C)c1. The smallest absolute Gasteiger partial charge is 0.339 e. The predicted octanol–water partition coefficient (Wildman–Crippen LogP) is 3.14. The lowest BCUT2D eigenvalue weighted by Crippen LogP contribution is -2.32. The van der Waals surface area contributed by atoms with Gasteiger partial charge >= 0.3 is 5.97 Å². The summed E-state index contributed by atoms with van der Waals surface area (Å²) in [5.41, 5.74) is 1.69. The molecule has 3 rings (SSSR count). The van der Waals surface area contributed by atoms with Crippen molar-refractivity contribution < 1.29 is 18.8 Å². The van der Waals surface area contributed by atoms with Crippen LogP contribution in [0, 0.1) is 12.8 Å². The van der Waals surface area contributed by atoms with Crippen LogP contribution in [0.5, 0.6) is 0 Å². The second kappa shape index (κ2) is 9.25. The Morgan fingerprint density at radius 2 is 2.07 bits per heavy atom. The molecule has 0 aliphatic heterocycles. The number of pyridine rings is 2. The third kappa shape index (κ3) is 4.68. The number of hydrogen-bond donors (Lipinski definition) is 1. The van der Waals surface area contributed by atoms with E-state index in [-0.39, 0.29) is 29.5 Å². The Balaban J connectivity index is 1.84. The van der Waals surface area contributed by atoms with Crippen molar-refractivity contribution in [2.75, 3.05) is 6.61 Å². The molecule has 0 bridgehead atoms. The number of esters is 1. The van der Waals surface area contributed by atoms with Gasteiger partial charge in [-0.05, 0) is 38.0 Å². The van der Waals surface area contributed by atoms with E-state index < -0.39 is 17.9 Å². The van der Waals surface area contributed by atoms with Crippen LogP contribution in [0.4, 0.5) is 0 Å². The van der Waals surface area contributed by atoms with Crippen LogP contribution in [0.1, 0.15) is 59.1 Å². The molecule has 30 heavy (non-hydrogen) atoms. The van der Waals surface area contributed by atoms with Crippen LogP contribution in [0.15, 0.2) is 41.3 Å². The number of nitrogens with zero attached hydrogens (tertiary/aromatic N) is 4. The van der Waals surface area contributed by atoms with Gasteiger partial charge in [0.25, 0.3) is 5.91 Å². The minimum absolute atomic E-state index is 0.0300. The van der Waals surface area contributed by atoms with Gasteiger partial charge in [-0.2, -0.15) is 4.98 Å². The van der Waals surface area contributed by atoms with Gasteiger partial charge in [0.15, 0.2) is 0 Å². The number of rotatable bonds is 7. The van der Waals surface area contributed by atoms with Gasteiger partial charge in [0.2, 0.25) is 11.7 Å². The molecular weight excluding hydrogens is 386 g/mol. The van der Waals surface area contributed by atoms with E-state index in [1.807, 2.05) is 19.9 Å². The first kappa shape index (κ1) is 21.1. The Bertz CT molecular complexity index is 1030. The Labute approximate surface area is 173 Å². The minimum atomic E-state index is -0.530. The maximum absolute atomic E-state index is 13.0. The quantitative estimate of drug-likeness (QED) is 0.591. The third-order valence-electron chi connectivity index (χ3n) is 4.42. The molecule has 0 aliphatic rings. The molecule has 0 spiro atoms. The van der Waals surface area contributed by atoms with Crippen LogP contribution in [0.2, 0.25) is 0 Å². The molecule has 0 aromatic carbocycles. The van der Waals surface area contributed by atoms with E-state index in [4.69, 9.17) is 9.26 Å². The highest BCUT2D eigenvalue weighted by Gasteiger charge is 2.26. The van der Waals surface area contributed by atoms with Crippen LogP contribution in [0.25, 0.3) is 11.4 Å². The number of carbonyl (C=O) groups excluding carboxylic acids is 2. The van der Waals surface area contributed by atoms with Gasteiger partial charge in [0, 0.05) is 24.2 Å². The first-order valence-corrected chi connectivity index (χ1v) is 9.59. The van der Waals surface area contributed by atoms with Gasteiger partial charge in [-0.15, -0.1) is 0 Å². The van der Waals surface area contributed by atoms with Gasteiger partial charge in [0.05, 0.1) is 23.4 Å². The molecule has 0 unspecified atom stereocenters. The highest BCUT2D eigenvalue weighted by atomic mass is 16.5.